The number of carbonyl (C=O) groups is 4. The summed E-state index contributed by atoms with van der Waals surface area (Å²) in [6.45, 7) is 5.16. The smallest absolute Gasteiger partial charge is 0.261 e. The molecule has 0 spiro atoms. The summed E-state index contributed by atoms with van der Waals surface area (Å²) in [7, 11) is 0. The molecule has 0 fully saturated rings. The van der Waals surface area contributed by atoms with E-state index in [0.29, 0.717) is 43.5 Å². The number of benzene rings is 2. The molecule has 1 atom stereocenters. The van der Waals surface area contributed by atoms with Crippen molar-refractivity contribution < 1.29 is 19.2 Å². The predicted molar refractivity (Wildman–Crippen MR) is 135 cm³/mol. The Balaban J connectivity index is 1.64. The normalized spacial score (nSPS) is 13.5. The topological polar surface area (TPSA) is 86.8 Å². The lowest BCUT2D eigenvalue weighted by Crippen LogP contribution is -2.50. The average Bonchev–Trinajstić information content (AvgIpc) is 3.12. The van der Waals surface area contributed by atoms with Gasteiger partial charge >= 0.3 is 0 Å². The maximum absolute atomic E-state index is 13.3. The number of hydrogen-bond acceptors (Lipinski definition) is 4. The van der Waals surface area contributed by atoms with Gasteiger partial charge in [0.25, 0.3) is 11.8 Å². The minimum Gasteiger partial charge on any atom is -0.354 e. The Labute approximate surface area is 207 Å². The molecule has 7 heteroatoms. The Morgan fingerprint density at radius 3 is 2.14 bits per heavy atom. The second-order valence-corrected chi connectivity index (χ2v) is 8.80. The summed E-state index contributed by atoms with van der Waals surface area (Å²) >= 11 is 0. The third-order valence-corrected chi connectivity index (χ3v) is 6.35. The van der Waals surface area contributed by atoms with Crippen LogP contribution in [0.25, 0.3) is 0 Å². The molecule has 1 heterocycles. The zero-order valence-corrected chi connectivity index (χ0v) is 20.7. The Hall–Kier alpha value is -3.48. The van der Waals surface area contributed by atoms with Crippen LogP contribution in [0, 0.1) is 0 Å². The molecular weight excluding hydrogens is 442 g/mol. The van der Waals surface area contributed by atoms with Gasteiger partial charge in [-0.05, 0) is 43.4 Å². The van der Waals surface area contributed by atoms with Gasteiger partial charge in [-0.3, -0.25) is 24.1 Å². The zero-order valence-electron chi connectivity index (χ0n) is 20.7. The van der Waals surface area contributed by atoms with Crippen LogP contribution in [-0.2, 0) is 16.0 Å². The van der Waals surface area contributed by atoms with E-state index in [1.54, 1.807) is 29.2 Å². The van der Waals surface area contributed by atoms with E-state index in [2.05, 4.69) is 12.2 Å². The van der Waals surface area contributed by atoms with Crippen LogP contribution < -0.4 is 5.32 Å². The van der Waals surface area contributed by atoms with Gasteiger partial charge in [0.2, 0.25) is 11.8 Å². The van der Waals surface area contributed by atoms with Crippen molar-refractivity contribution in [3.8, 4) is 0 Å². The highest BCUT2D eigenvalue weighted by Gasteiger charge is 2.35. The van der Waals surface area contributed by atoms with E-state index < -0.39 is 6.04 Å². The molecular formula is C28H35N3O4. The van der Waals surface area contributed by atoms with E-state index in [-0.39, 0.29) is 36.6 Å². The predicted octanol–water partition coefficient (Wildman–Crippen LogP) is 3.83. The van der Waals surface area contributed by atoms with Gasteiger partial charge < -0.3 is 10.2 Å². The van der Waals surface area contributed by atoms with Gasteiger partial charge in [0.15, 0.2) is 0 Å². The number of rotatable bonds is 13. The Bertz CT molecular complexity index is 1000. The van der Waals surface area contributed by atoms with Crippen LogP contribution in [-0.4, -0.2) is 59.1 Å². The standard InChI is InChI=1S/C28H35N3O4/c1-3-5-18-29-26(33)24(4-2)30(20-17-21-12-7-6-8-13-21)25(32)16-11-19-31-27(34)22-14-9-10-15-23(22)28(31)35/h6-10,12-15,24H,3-5,11,16-20H2,1-2H3,(H,29,33)/t24-/m1/s1. The van der Waals surface area contributed by atoms with Crippen molar-refractivity contribution in [2.75, 3.05) is 19.6 Å². The molecule has 0 radical (unpaired) electrons. The van der Waals surface area contributed by atoms with Crippen molar-refractivity contribution in [3.63, 3.8) is 0 Å². The van der Waals surface area contributed by atoms with Crippen LogP contribution in [0.1, 0.15) is 72.2 Å². The van der Waals surface area contributed by atoms with Crippen molar-refractivity contribution in [1.82, 2.24) is 15.1 Å². The highest BCUT2D eigenvalue weighted by atomic mass is 16.2. The lowest BCUT2D eigenvalue weighted by Gasteiger charge is -2.31. The molecule has 7 nitrogen and oxygen atoms in total. The van der Waals surface area contributed by atoms with E-state index in [9.17, 15) is 19.2 Å². The molecule has 0 unspecified atom stereocenters. The summed E-state index contributed by atoms with van der Waals surface area (Å²) < 4.78 is 0. The van der Waals surface area contributed by atoms with Crippen molar-refractivity contribution in [2.24, 2.45) is 0 Å². The second-order valence-electron chi connectivity index (χ2n) is 8.80. The number of nitrogens with zero attached hydrogens (tertiary/aromatic N) is 2. The Morgan fingerprint density at radius 1 is 0.914 bits per heavy atom. The SMILES string of the molecule is CCCCNC(=O)[C@@H](CC)N(CCc1ccccc1)C(=O)CCCN1C(=O)c2ccccc2C1=O. The van der Waals surface area contributed by atoms with Crippen molar-refractivity contribution in [1.29, 1.82) is 0 Å². The summed E-state index contributed by atoms with van der Waals surface area (Å²) in [4.78, 5) is 54.3. The quantitative estimate of drug-likeness (QED) is 0.351. The summed E-state index contributed by atoms with van der Waals surface area (Å²) in [5, 5.41) is 2.96. The third-order valence-electron chi connectivity index (χ3n) is 6.35. The monoisotopic (exact) mass is 477 g/mol. The Kier molecular flexibility index (Phi) is 9.58. The fourth-order valence-corrected chi connectivity index (χ4v) is 4.38. The molecule has 2 aromatic carbocycles. The first kappa shape index (κ1) is 26.1. The Morgan fingerprint density at radius 2 is 1.54 bits per heavy atom. The molecule has 1 aliphatic rings. The summed E-state index contributed by atoms with van der Waals surface area (Å²) in [5.41, 5.74) is 1.91. The van der Waals surface area contributed by atoms with Crippen LogP contribution in [0.4, 0.5) is 0 Å². The lowest BCUT2D eigenvalue weighted by atomic mass is 10.1. The van der Waals surface area contributed by atoms with E-state index in [4.69, 9.17) is 0 Å². The highest BCUT2D eigenvalue weighted by Crippen LogP contribution is 2.23. The lowest BCUT2D eigenvalue weighted by molar-refractivity contribution is -0.140. The number of hydrogen-bond donors (Lipinski definition) is 1. The molecule has 1 aliphatic heterocycles. The van der Waals surface area contributed by atoms with Gasteiger partial charge in [0.1, 0.15) is 6.04 Å². The molecule has 0 saturated heterocycles. The summed E-state index contributed by atoms with van der Waals surface area (Å²) in [5.74, 6) is -0.917. The number of amides is 4. The minimum atomic E-state index is -0.553. The van der Waals surface area contributed by atoms with E-state index in [1.165, 1.54) is 4.90 Å². The van der Waals surface area contributed by atoms with Gasteiger partial charge in [0.05, 0.1) is 11.1 Å². The molecule has 0 saturated carbocycles. The number of nitrogens with one attached hydrogen (secondary N) is 1. The molecule has 0 bridgehead atoms. The largest absolute Gasteiger partial charge is 0.354 e. The van der Waals surface area contributed by atoms with E-state index in [1.807, 2.05) is 37.3 Å². The minimum absolute atomic E-state index is 0.136. The van der Waals surface area contributed by atoms with Crippen molar-refractivity contribution in [2.45, 2.75) is 58.4 Å². The molecule has 2 aromatic rings. The maximum atomic E-state index is 13.3. The maximum Gasteiger partial charge on any atom is 0.261 e. The molecule has 0 aliphatic carbocycles. The fourth-order valence-electron chi connectivity index (χ4n) is 4.38. The number of unbranched alkanes of at least 4 members (excludes halogenated alkanes) is 1. The van der Waals surface area contributed by atoms with Crippen LogP contribution >= 0.6 is 0 Å². The molecule has 1 N–H and O–H groups in total. The average molecular weight is 478 g/mol. The van der Waals surface area contributed by atoms with Gasteiger partial charge in [-0.1, -0.05) is 62.7 Å². The van der Waals surface area contributed by atoms with Gasteiger partial charge in [-0.15, -0.1) is 0 Å². The molecule has 4 amide bonds. The van der Waals surface area contributed by atoms with Gasteiger partial charge in [-0.25, -0.2) is 0 Å². The summed E-state index contributed by atoms with van der Waals surface area (Å²) in [6, 6.07) is 16.1. The molecule has 35 heavy (non-hydrogen) atoms. The van der Waals surface area contributed by atoms with E-state index >= 15 is 0 Å². The summed E-state index contributed by atoms with van der Waals surface area (Å²) in [6.07, 6.45) is 3.52. The van der Waals surface area contributed by atoms with E-state index in [0.717, 1.165) is 18.4 Å². The van der Waals surface area contributed by atoms with Crippen LogP contribution in [0.5, 0.6) is 0 Å². The first-order valence-corrected chi connectivity index (χ1v) is 12.5. The zero-order chi connectivity index (χ0) is 25.2. The fraction of sp³-hybridized carbons (Fsp3) is 0.429. The number of imide groups is 1. The van der Waals surface area contributed by atoms with Gasteiger partial charge in [-0.2, -0.15) is 0 Å². The number of fused-ring (bicyclic) bond motifs is 1. The van der Waals surface area contributed by atoms with Crippen molar-refractivity contribution >= 4 is 23.6 Å². The first-order valence-electron chi connectivity index (χ1n) is 12.5. The highest BCUT2D eigenvalue weighted by molar-refractivity contribution is 6.21. The number of carbonyl (C=O) groups excluding carboxylic acids is 4. The first-order chi connectivity index (χ1) is 17.0. The third kappa shape index (κ3) is 6.56. The second kappa shape index (κ2) is 12.8. The van der Waals surface area contributed by atoms with Crippen LogP contribution in [0.15, 0.2) is 54.6 Å². The van der Waals surface area contributed by atoms with Crippen LogP contribution in [0.3, 0.4) is 0 Å². The molecule has 0 aromatic heterocycles. The molecule has 186 valence electrons. The van der Waals surface area contributed by atoms with Crippen molar-refractivity contribution in [3.05, 3.63) is 71.3 Å². The molecule has 3 rings (SSSR count). The van der Waals surface area contributed by atoms with Gasteiger partial charge in [0, 0.05) is 26.1 Å². The van der Waals surface area contributed by atoms with Crippen LogP contribution in [0.2, 0.25) is 0 Å².